The fraction of sp³-hybridized carbons (Fsp3) is 0.588. The lowest BCUT2D eigenvalue weighted by Gasteiger charge is -2.32. The predicted molar refractivity (Wildman–Crippen MR) is 92.3 cm³/mol. The van der Waals surface area contributed by atoms with Crippen LogP contribution in [0.1, 0.15) is 29.2 Å². The molecule has 3 rings (SSSR count). The third-order valence-corrected chi connectivity index (χ3v) is 4.00. The SMILES string of the molecule is COCCNc1cc(C2CN(Cc3coc(C)n3)CCO2)nc(C)n1. The van der Waals surface area contributed by atoms with Crippen LogP contribution in [0, 0.1) is 13.8 Å². The third-order valence-electron chi connectivity index (χ3n) is 4.00. The maximum Gasteiger partial charge on any atom is 0.191 e. The van der Waals surface area contributed by atoms with Crippen molar-refractivity contribution in [1.29, 1.82) is 0 Å². The molecule has 1 unspecified atom stereocenters. The van der Waals surface area contributed by atoms with Gasteiger partial charge in [-0.05, 0) is 6.92 Å². The van der Waals surface area contributed by atoms with Crippen molar-refractivity contribution in [3.8, 4) is 0 Å². The lowest BCUT2D eigenvalue weighted by molar-refractivity contribution is -0.0354. The van der Waals surface area contributed by atoms with Gasteiger partial charge in [0.25, 0.3) is 0 Å². The second-order valence-electron chi connectivity index (χ2n) is 6.10. The normalized spacial score (nSPS) is 18.4. The lowest BCUT2D eigenvalue weighted by Crippen LogP contribution is -2.38. The predicted octanol–water partition coefficient (Wildman–Crippen LogP) is 1.71. The van der Waals surface area contributed by atoms with E-state index in [2.05, 4.69) is 25.2 Å². The molecule has 25 heavy (non-hydrogen) atoms. The van der Waals surface area contributed by atoms with Gasteiger partial charge in [-0.3, -0.25) is 4.90 Å². The van der Waals surface area contributed by atoms with Crippen molar-refractivity contribution >= 4 is 5.82 Å². The maximum atomic E-state index is 5.94. The van der Waals surface area contributed by atoms with Gasteiger partial charge < -0.3 is 19.2 Å². The van der Waals surface area contributed by atoms with Crippen LogP contribution in [0.25, 0.3) is 0 Å². The van der Waals surface area contributed by atoms with Crippen LogP contribution in [-0.4, -0.2) is 59.8 Å². The van der Waals surface area contributed by atoms with Gasteiger partial charge in [-0.1, -0.05) is 0 Å². The van der Waals surface area contributed by atoms with E-state index in [0.29, 0.717) is 25.6 Å². The van der Waals surface area contributed by atoms with Crippen LogP contribution in [0.2, 0.25) is 0 Å². The number of aryl methyl sites for hydroxylation is 2. The summed E-state index contributed by atoms with van der Waals surface area (Å²) in [5, 5.41) is 3.25. The molecule has 1 atom stereocenters. The van der Waals surface area contributed by atoms with E-state index in [1.165, 1.54) is 0 Å². The summed E-state index contributed by atoms with van der Waals surface area (Å²) >= 11 is 0. The Morgan fingerprint density at radius 2 is 2.20 bits per heavy atom. The highest BCUT2D eigenvalue weighted by atomic mass is 16.5. The van der Waals surface area contributed by atoms with E-state index in [-0.39, 0.29) is 6.10 Å². The standard InChI is InChI=1S/C17H25N5O3/c1-12-19-15(8-17(20-12)18-4-6-23-3)16-10-22(5-7-24-16)9-14-11-25-13(2)21-14/h8,11,16H,4-7,9-10H2,1-3H3,(H,18,19,20). The molecule has 1 aliphatic heterocycles. The first-order valence-corrected chi connectivity index (χ1v) is 8.47. The van der Waals surface area contributed by atoms with Gasteiger partial charge in [-0.15, -0.1) is 0 Å². The number of nitrogens with one attached hydrogen (secondary N) is 1. The molecule has 0 amide bonds. The zero-order valence-electron chi connectivity index (χ0n) is 15.0. The number of morpholine rings is 1. The van der Waals surface area contributed by atoms with Crippen LogP contribution in [0.3, 0.4) is 0 Å². The summed E-state index contributed by atoms with van der Waals surface area (Å²) in [6, 6.07) is 1.96. The van der Waals surface area contributed by atoms with Crippen LogP contribution in [0.15, 0.2) is 16.7 Å². The molecule has 0 spiro atoms. The third kappa shape index (κ3) is 4.97. The molecule has 1 saturated heterocycles. The zero-order valence-corrected chi connectivity index (χ0v) is 15.0. The van der Waals surface area contributed by atoms with Gasteiger partial charge in [0.2, 0.25) is 0 Å². The average molecular weight is 347 g/mol. The second kappa shape index (κ2) is 8.37. The van der Waals surface area contributed by atoms with Gasteiger partial charge >= 0.3 is 0 Å². The van der Waals surface area contributed by atoms with Gasteiger partial charge in [0.15, 0.2) is 5.89 Å². The number of ether oxygens (including phenoxy) is 2. The van der Waals surface area contributed by atoms with Crippen molar-refractivity contribution in [3.05, 3.63) is 35.4 Å². The Morgan fingerprint density at radius 1 is 1.32 bits per heavy atom. The molecule has 8 nitrogen and oxygen atoms in total. The van der Waals surface area contributed by atoms with Crippen LogP contribution < -0.4 is 5.32 Å². The van der Waals surface area contributed by atoms with E-state index in [4.69, 9.17) is 13.9 Å². The van der Waals surface area contributed by atoms with Gasteiger partial charge in [-0.25, -0.2) is 15.0 Å². The Labute approximate surface area is 147 Å². The summed E-state index contributed by atoms with van der Waals surface area (Å²) in [5.74, 6) is 2.22. The molecule has 0 saturated carbocycles. The molecule has 0 radical (unpaired) electrons. The molecule has 2 aromatic heterocycles. The number of nitrogens with zero attached hydrogens (tertiary/aromatic N) is 4. The van der Waals surface area contributed by atoms with Crippen LogP contribution in [-0.2, 0) is 16.0 Å². The second-order valence-corrected chi connectivity index (χ2v) is 6.10. The Morgan fingerprint density at radius 3 is 2.96 bits per heavy atom. The van der Waals surface area contributed by atoms with Crippen molar-refractivity contribution in [2.75, 3.05) is 45.3 Å². The quantitative estimate of drug-likeness (QED) is 0.758. The van der Waals surface area contributed by atoms with Gasteiger partial charge in [0, 0.05) is 46.3 Å². The molecule has 3 heterocycles. The van der Waals surface area contributed by atoms with Gasteiger partial charge in [0.05, 0.1) is 24.6 Å². The Bertz CT molecular complexity index is 691. The Hall–Kier alpha value is -2.03. The van der Waals surface area contributed by atoms with Crippen molar-refractivity contribution < 1.29 is 13.9 Å². The zero-order chi connectivity index (χ0) is 17.6. The van der Waals surface area contributed by atoms with Crippen LogP contribution in [0.5, 0.6) is 0 Å². The molecule has 8 heteroatoms. The van der Waals surface area contributed by atoms with E-state index < -0.39 is 0 Å². The highest BCUT2D eigenvalue weighted by Gasteiger charge is 2.24. The summed E-state index contributed by atoms with van der Waals surface area (Å²) in [5.41, 5.74) is 1.84. The van der Waals surface area contributed by atoms with E-state index in [1.54, 1.807) is 13.4 Å². The first-order valence-electron chi connectivity index (χ1n) is 8.47. The van der Waals surface area contributed by atoms with Crippen molar-refractivity contribution in [2.24, 2.45) is 0 Å². The molecule has 0 aliphatic carbocycles. The summed E-state index contributed by atoms with van der Waals surface area (Å²) in [4.78, 5) is 15.7. The van der Waals surface area contributed by atoms with Gasteiger partial charge in [0.1, 0.15) is 24.0 Å². The molecule has 1 fully saturated rings. The monoisotopic (exact) mass is 347 g/mol. The topological polar surface area (TPSA) is 85.5 Å². The number of rotatable bonds is 7. The minimum Gasteiger partial charge on any atom is -0.449 e. The van der Waals surface area contributed by atoms with Gasteiger partial charge in [-0.2, -0.15) is 0 Å². The molecular formula is C17H25N5O3. The molecule has 1 aliphatic rings. The minimum atomic E-state index is -0.0774. The summed E-state index contributed by atoms with van der Waals surface area (Å²) in [7, 11) is 1.68. The molecule has 1 N–H and O–H groups in total. The van der Waals surface area contributed by atoms with E-state index >= 15 is 0 Å². The van der Waals surface area contributed by atoms with E-state index in [9.17, 15) is 0 Å². The number of oxazole rings is 1. The lowest BCUT2D eigenvalue weighted by atomic mass is 10.2. The molecular weight excluding hydrogens is 322 g/mol. The number of hydrogen-bond acceptors (Lipinski definition) is 8. The summed E-state index contributed by atoms with van der Waals surface area (Å²) in [6.07, 6.45) is 1.64. The fourth-order valence-corrected chi connectivity index (χ4v) is 2.86. The molecule has 0 aromatic carbocycles. The average Bonchev–Trinajstić information content (AvgIpc) is 3.00. The number of methoxy groups -OCH3 is 1. The van der Waals surface area contributed by atoms with E-state index in [0.717, 1.165) is 42.7 Å². The maximum absolute atomic E-state index is 5.94. The van der Waals surface area contributed by atoms with Crippen molar-refractivity contribution in [2.45, 2.75) is 26.5 Å². The number of aromatic nitrogens is 3. The molecule has 136 valence electrons. The van der Waals surface area contributed by atoms with Crippen molar-refractivity contribution in [1.82, 2.24) is 19.9 Å². The largest absolute Gasteiger partial charge is 0.449 e. The van der Waals surface area contributed by atoms with Crippen molar-refractivity contribution in [3.63, 3.8) is 0 Å². The fourth-order valence-electron chi connectivity index (χ4n) is 2.86. The summed E-state index contributed by atoms with van der Waals surface area (Å²) < 4.78 is 16.3. The summed E-state index contributed by atoms with van der Waals surface area (Å²) in [6.45, 7) is 8.12. The molecule has 2 aromatic rings. The highest BCUT2D eigenvalue weighted by molar-refractivity contribution is 5.36. The molecule has 0 bridgehead atoms. The first kappa shape index (κ1) is 17.8. The first-order chi connectivity index (χ1) is 12.1. The Balaban J connectivity index is 1.65. The number of hydrogen-bond donors (Lipinski definition) is 1. The Kier molecular flexibility index (Phi) is 5.95. The van der Waals surface area contributed by atoms with E-state index in [1.807, 2.05) is 19.9 Å². The van der Waals surface area contributed by atoms with Crippen LogP contribution >= 0.6 is 0 Å². The highest BCUT2D eigenvalue weighted by Crippen LogP contribution is 2.23. The van der Waals surface area contributed by atoms with Crippen LogP contribution in [0.4, 0.5) is 5.82 Å². The number of anilines is 1. The minimum absolute atomic E-state index is 0.0774. The smallest absolute Gasteiger partial charge is 0.191 e.